The molecule has 0 bridgehead atoms. The van der Waals surface area contributed by atoms with Gasteiger partial charge in [0.1, 0.15) is 11.8 Å². The maximum Gasteiger partial charge on any atom is 0.326 e. The number of carbonyl (C=O) groups excluding carboxylic acids is 2. The zero-order valence-electron chi connectivity index (χ0n) is 12.5. The SMILES string of the molecule is CC[C@H](C)[C@H](NC(=O)COc1ccc(C(N)=O)cc1)C(=O)O. The summed E-state index contributed by atoms with van der Waals surface area (Å²) in [5.74, 6) is -1.95. The van der Waals surface area contributed by atoms with E-state index in [0.717, 1.165) is 0 Å². The molecule has 0 saturated heterocycles. The van der Waals surface area contributed by atoms with Crippen molar-refractivity contribution in [3.8, 4) is 5.75 Å². The minimum Gasteiger partial charge on any atom is -0.484 e. The van der Waals surface area contributed by atoms with Crippen LogP contribution in [0, 0.1) is 5.92 Å². The Kier molecular flexibility index (Phi) is 6.37. The van der Waals surface area contributed by atoms with Gasteiger partial charge in [-0.15, -0.1) is 0 Å². The highest BCUT2D eigenvalue weighted by Crippen LogP contribution is 2.12. The molecule has 1 aromatic rings. The second kappa shape index (κ2) is 8.02. The smallest absolute Gasteiger partial charge is 0.326 e. The van der Waals surface area contributed by atoms with Crippen LogP contribution in [0.25, 0.3) is 0 Å². The lowest BCUT2D eigenvalue weighted by Crippen LogP contribution is -2.46. The summed E-state index contributed by atoms with van der Waals surface area (Å²) in [6, 6.07) is 5.04. The fraction of sp³-hybridized carbons (Fsp3) is 0.400. The topological polar surface area (TPSA) is 119 Å². The largest absolute Gasteiger partial charge is 0.484 e. The molecule has 0 aliphatic rings. The average Bonchev–Trinajstić information content (AvgIpc) is 2.49. The maximum absolute atomic E-state index is 11.8. The second-order valence-corrected chi connectivity index (χ2v) is 4.95. The molecule has 0 saturated carbocycles. The van der Waals surface area contributed by atoms with E-state index in [0.29, 0.717) is 17.7 Å². The molecular weight excluding hydrogens is 288 g/mol. The summed E-state index contributed by atoms with van der Waals surface area (Å²) in [5, 5.41) is 11.5. The summed E-state index contributed by atoms with van der Waals surface area (Å²) >= 11 is 0. The molecule has 7 heteroatoms. The van der Waals surface area contributed by atoms with Crippen LogP contribution in [0.4, 0.5) is 0 Å². The Morgan fingerprint density at radius 3 is 2.32 bits per heavy atom. The van der Waals surface area contributed by atoms with Gasteiger partial charge in [0.05, 0.1) is 0 Å². The van der Waals surface area contributed by atoms with Crippen LogP contribution < -0.4 is 15.8 Å². The van der Waals surface area contributed by atoms with Gasteiger partial charge in [0.25, 0.3) is 5.91 Å². The molecule has 0 heterocycles. The van der Waals surface area contributed by atoms with Crippen LogP contribution in [0.3, 0.4) is 0 Å². The molecule has 2 amide bonds. The molecular formula is C15H20N2O5. The van der Waals surface area contributed by atoms with E-state index in [4.69, 9.17) is 15.6 Å². The van der Waals surface area contributed by atoms with Crippen molar-refractivity contribution < 1.29 is 24.2 Å². The van der Waals surface area contributed by atoms with Gasteiger partial charge in [0.15, 0.2) is 6.61 Å². The van der Waals surface area contributed by atoms with E-state index in [1.807, 2.05) is 6.92 Å². The molecule has 0 spiro atoms. The first kappa shape index (κ1) is 17.5. The number of amides is 2. The molecule has 7 nitrogen and oxygen atoms in total. The fourth-order valence-electron chi connectivity index (χ4n) is 1.76. The summed E-state index contributed by atoms with van der Waals surface area (Å²) < 4.78 is 5.24. The van der Waals surface area contributed by atoms with Crippen molar-refractivity contribution in [2.75, 3.05) is 6.61 Å². The number of aliphatic carboxylic acids is 1. The first-order valence-corrected chi connectivity index (χ1v) is 6.90. The van der Waals surface area contributed by atoms with Gasteiger partial charge in [-0.1, -0.05) is 20.3 Å². The number of carboxylic acid groups (broad SMARTS) is 1. The van der Waals surface area contributed by atoms with Crippen LogP contribution >= 0.6 is 0 Å². The van der Waals surface area contributed by atoms with Gasteiger partial charge in [0, 0.05) is 5.56 Å². The Balaban J connectivity index is 2.54. The third-order valence-electron chi connectivity index (χ3n) is 3.30. The molecule has 2 atom stereocenters. The maximum atomic E-state index is 11.8. The van der Waals surface area contributed by atoms with Crippen molar-refractivity contribution in [3.63, 3.8) is 0 Å². The molecule has 1 rings (SSSR count). The van der Waals surface area contributed by atoms with E-state index in [-0.39, 0.29) is 12.5 Å². The van der Waals surface area contributed by atoms with Gasteiger partial charge in [-0.2, -0.15) is 0 Å². The molecule has 120 valence electrons. The molecule has 0 aliphatic heterocycles. The van der Waals surface area contributed by atoms with Crippen LogP contribution in [0.5, 0.6) is 5.75 Å². The Hall–Kier alpha value is -2.57. The van der Waals surface area contributed by atoms with Crippen LogP contribution in [0.2, 0.25) is 0 Å². The van der Waals surface area contributed by atoms with Crippen molar-refractivity contribution in [2.45, 2.75) is 26.3 Å². The Bertz CT molecular complexity index is 541. The van der Waals surface area contributed by atoms with Crippen molar-refractivity contribution >= 4 is 17.8 Å². The summed E-state index contributed by atoms with van der Waals surface area (Å²) in [6.45, 7) is 3.29. The third-order valence-corrected chi connectivity index (χ3v) is 3.30. The van der Waals surface area contributed by atoms with E-state index < -0.39 is 23.8 Å². The minimum atomic E-state index is -1.08. The lowest BCUT2D eigenvalue weighted by molar-refractivity contribution is -0.143. The normalized spacial score (nSPS) is 13.0. The van der Waals surface area contributed by atoms with Gasteiger partial charge in [-0.3, -0.25) is 9.59 Å². The van der Waals surface area contributed by atoms with Gasteiger partial charge < -0.3 is 20.9 Å². The Labute approximate surface area is 128 Å². The van der Waals surface area contributed by atoms with E-state index >= 15 is 0 Å². The lowest BCUT2D eigenvalue weighted by Gasteiger charge is -2.20. The predicted octanol–water partition coefficient (Wildman–Crippen LogP) is 0.780. The number of nitrogens with one attached hydrogen (secondary N) is 1. The number of nitrogens with two attached hydrogens (primary N) is 1. The van der Waals surface area contributed by atoms with E-state index in [1.165, 1.54) is 24.3 Å². The molecule has 0 aliphatic carbocycles. The van der Waals surface area contributed by atoms with Gasteiger partial charge >= 0.3 is 5.97 Å². The zero-order chi connectivity index (χ0) is 16.7. The highest BCUT2D eigenvalue weighted by atomic mass is 16.5. The van der Waals surface area contributed by atoms with E-state index in [2.05, 4.69) is 5.32 Å². The third kappa shape index (κ3) is 5.08. The molecule has 0 radical (unpaired) electrons. The molecule has 0 aromatic heterocycles. The molecule has 1 aromatic carbocycles. The molecule has 4 N–H and O–H groups in total. The average molecular weight is 308 g/mol. The van der Waals surface area contributed by atoms with Crippen LogP contribution in [0.1, 0.15) is 30.6 Å². The van der Waals surface area contributed by atoms with Crippen molar-refractivity contribution in [3.05, 3.63) is 29.8 Å². The van der Waals surface area contributed by atoms with Gasteiger partial charge in [-0.05, 0) is 30.2 Å². The number of hydrogen-bond donors (Lipinski definition) is 3. The fourth-order valence-corrected chi connectivity index (χ4v) is 1.76. The number of benzene rings is 1. The monoisotopic (exact) mass is 308 g/mol. The quantitative estimate of drug-likeness (QED) is 0.655. The highest BCUT2D eigenvalue weighted by Gasteiger charge is 2.25. The molecule has 22 heavy (non-hydrogen) atoms. The first-order chi connectivity index (χ1) is 10.3. The standard InChI is InChI=1S/C15H20N2O5/c1-3-9(2)13(15(20)21)17-12(18)8-22-11-6-4-10(5-7-11)14(16)19/h4-7,9,13H,3,8H2,1-2H3,(H2,16,19)(H,17,18)(H,20,21)/t9-,13-/m0/s1. The van der Waals surface area contributed by atoms with Crippen LogP contribution in [0.15, 0.2) is 24.3 Å². The highest BCUT2D eigenvalue weighted by molar-refractivity contribution is 5.92. The minimum absolute atomic E-state index is 0.184. The number of rotatable bonds is 8. The predicted molar refractivity (Wildman–Crippen MR) is 79.5 cm³/mol. The summed E-state index contributed by atoms with van der Waals surface area (Å²) in [6.07, 6.45) is 0.632. The summed E-state index contributed by atoms with van der Waals surface area (Å²) in [5.41, 5.74) is 5.44. The van der Waals surface area contributed by atoms with E-state index in [9.17, 15) is 14.4 Å². The van der Waals surface area contributed by atoms with E-state index in [1.54, 1.807) is 6.92 Å². The van der Waals surface area contributed by atoms with Crippen LogP contribution in [-0.4, -0.2) is 35.5 Å². The lowest BCUT2D eigenvalue weighted by atomic mass is 9.99. The number of primary amides is 1. The van der Waals surface area contributed by atoms with Gasteiger partial charge in [0.2, 0.25) is 5.91 Å². The first-order valence-electron chi connectivity index (χ1n) is 6.90. The van der Waals surface area contributed by atoms with Crippen molar-refractivity contribution in [1.29, 1.82) is 0 Å². The van der Waals surface area contributed by atoms with Crippen molar-refractivity contribution in [2.24, 2.45) is 11.7 Å². The van der Waals surface area contributed by atoms with Gasteiger partial charge in [-0.25, -0.2) is 4.79 Å². The number of hydrogen-bond acceptors (Lipinski definition) is 4. The summed E-state index contributed by atoms with van der Waals surface area (Å²) in [7, 11) is 0. The Morgan fingerprint density at radius 1 is 1.27 bits per heavy atom. The molecule has 0 fully saturated rings. The number of ether oxygens (including phenoxy) is 1. The Morgan fingerprint density at radius 2 is 1.86 bits per heavy atom. The van der Waals surface area contributed by atoms with Crippen LogP contribution in [-0.2, 0) is 9.59 Å². The van der Waals surface area contributed by atoms with Crippen molar-refractivity contribution in [1.82, 2.24) is 5.32 Å². The number of carbonyl (C=O) groups is 3. The number of carboxylic acids is 1. The summed E-state index contributed by atoms with van der Waals surface area (Å²) in [4.78, 5) is 33.8. The molecule has 0 unspecified atom stereocenters. The zero-order valence-corrected chi connectivity index (χ0v) is 12.5. The second-order valence-electron chi connectivity index (χ2n) is 4.95.